The zero-order valence-corrected chi connectivity index (χ0v) is 15.5. The predicted molar refractivity (Wildman–Crippen MR) is 101 cm³/mol. The molecule has 6 nitrogen and oxygen atoms in total. The highest BCUT2D eigenvalue weighted by Crippen LogP contribution is 2.36. The van der Waals surface area contributed by atoms with Crippen LogP contribution in [0.15, 0.2) is 36.4 Å². The van der Waals surface area contributed by atoms with Crippen LogP contribution in [-0.4, -0.2) is 30.8 Å². The lowest BCUT2D eigenvalue weighted by atomic mass is 10.1. The Morgan fingerprint density at radius 1 is 1.27 bits per heavy atom. The third kappa shape index (κ3) is 5.82. The largest absolute Gasteiger partial charge is 0.508 e. The number of halogens is 1. The van der Waals surface area contributed by atoms with E-state index in [9.17, 15) is 9.90 Å². The Morgan fingerprint density at radius 2 is 1.96 bits per heavy atom. The van der Waals surface area contributed by atoms with E-state index >= 15 is 0 Å². The molecule has 0 bridgehead atoms. The topological polar surface area (TPSA) is 93.8 Å². The fourth-order valence-electron chi connectivity index (χ4n) is 2.51. The van der Waals surface area contributed by atoms with Crippen molar-refractivity contribution >= 4 is 17.5 Å². The number of phenols is 1. The van der Waals surface area contributed by atoms with Crippen molar-refractivity contribution in [3.05, 3.63) is 52.5 Å². The second-order valence-electron chi connectivity index (χ2n) is 6.02. The Bertz CT molecular complexity index is 750. The molecule has 0 aliphatic carbocycles. The third-order valence-corrected chi connectivity index (χ3v) is 4.06. The summed E-state index contributed by atoms with van der Waals surface area (Å²) in [4.78, 5) is 10.9. The van der Waals surface area contributed by atoms with Gasteiger partial charge in [-0.2, -0.15) is 0 Å². The summed E-state index contributed by atoms with van der Waals surface area (Å²) in [5.74, 6) is 0.419. The molecule has 4 N–H and O–H groups in total. The molecule has 2 aromatic rings. The van der Waals surface area contributed by atoms with E-state index in [1.807, 2.05) is 18.2 Å². The SMILES string of the molecule is COc1cc(CNC(C)Cc2ccc(O)cc2)cc(Cl)c1OCC(N)=O. The molecule has 2 rings (SSSR count). The minimum absolute atomic E-state index is 0.218. The molecule has 0 heterocycles. The molecule has 2 aromatic carbocycles. The lowest BCUT2D eigenvalue weighted by Crippen LogP contribution is -2.27. The molecule has 0 fully saturated rings. The van der Waals surface area contributed by atoms with E-state index in [1.54, 1.807) is 18.2 Å². The molecule has 1 atom stereocenters. The highest BCUT2D eigenvalue weighted by molar-refractivity contribution is 6.32. The van der Waals surface area contributed by atoms with Gasteiger partial charge in [-0.1, -0.05) is 23.7 Å². The average molecular weight is 379 g/mol. The number of rotatable bonds is 9. The molecule has 0 aliphatic heterocycles. The van der Waals surface area contributed by atoms with Crippen molar-refractivity contribution in [2.24, 2.45) is 5.73 Å². The first-order valence-corrected chi connectivity index (χ1v) is 8.55. The van der Waals surface area contributed by atoms with Crippen LogP contribution >= 0.6 is 11.6 Å². The monoisotopic (exact) mass is 378 g/mol. The standard InChI is InChI=1S/C19H23ClN2O4/c1-12(7-13-3-5-15(23)6-4-13)22-10-14-8-16(20)19(17(9-14)25-2)26-11-18(21)24/h3-6,8-9,12,22-23H,7,10-11H2,1-2H3,(H2,21,24). The van der Waals surface area contributed by atoms with E-state index in [4.69, 9.17) is 26.8 Å². The van der Waals surface area contributed by atoms with Crippen LogP contribution in [0.4, 0.5) is 0 Å². The maximum absolute atomic E-state index is 10.9. The van der Waals surface area contributed by atoms with E-state index in [0.717, 1.165) is 17.5 Å². The number of primary amides is 1. The molecule has 7 heteroatoms. The summed E-state index contributed by atoms with van der Waals surface area (Å²) in [5, 5.41) is 13.1. The van der Waals surface area contributed by atoms with E-state index in [-0.39, 0.29) is 18.4 Å². The Labute approximate surface area is 157 Å². The van der Waals surface area contributed by atoms with Gasteiger partial charge in [-0.3, -0.25) is 4.79 Å². The highest BCUT2D eigenvalue weighted by Gasteiger charge is 2.13. The molecule has 26 heavy (non-hydrogen) atoms. The fourth-order valence-corrected chi connectivity index (χ4v) is 2.80. The molecule has 1 unspecified atom stereocenters. The number of carbonyl (C=O) groups excluding carboxylic acids is 1. The number of amides is 1. The number of hydrogen-bond donors (Lipinski definition) is 3. The van der Waals surface area contributed by atoms with Gasteiger partial charge >= 0.3 is 0 Å². The van der Waals surface area contributed by atoms with Gasteiger partial charge in [0.05, 0.1) is 12.1 Å². The first kappa shape index (κ1) is 19.9. The number of aromatic hydroxyl groups is 1. The zero-order chi connectivity index (χ0) is 19.1. The van der Waals surface area contributed by atoms with Crippen LogP contribution in [0.2, 0.25) is 5.02 Å². The number of carbonyl (C=O) groups is 1. The molecule has 0 aliphatic rings. The van der Waals surface area contributed by atoms with Gasteiger partial charge in [0.25, 0.3) is 5.91 Å². The summed E-state index contributed by atoms with van der Waals surface area (Å²) in [6.07, 6.45) is 0.824. The Kier molecular flexibility index (Phi) is 7.12. The van der Waals surface area contributed by atoms with Crippen molar-refractivity contribution in [2.45, 2.75) is 25.9 Å². The maximum Gasteiger partial charge on any atom is 0.255 e. The molecular formula is C19H23ClN2O4. The Hall–Kier alpha value is -2.44. The minimum atomic E-state index is -0.586. The van der Waals surface area contributed by atoms with Crippen LogP contribution in [0.25, 0.3) is 0 Å². The van der Waals surface area contributed by atoms with Gasteiger partial charge in [0, 0.05) is 12.6 Å². The number of ether oxygens (including phenoxy) is 2. The van der Waals surface area contributed by atoms with E-state index < -0.39 is 5.91 Å². The Balaban J connectivity index is 1.99. The van der Waals surface area contributed by atoms with Crippen LogP contribution in [0.1, 0.15) is 18.1 Å². The van der Waals surface area contributed by atoms with Crippen LogP contribution in [-0.2, 0) is 17.8 Å². The summed E-state index contributed by atoms with van der Waals surface area (Å²) >= 11 is 6.25. The second-order valence-corrected chi connectivity index (χ2v) is 6.42. The summed E-state index contributed by atoms with van der Waals surface area (Å²) in [6, 6.07) is 10.9. The quantitative estimate of drug-likeness (QED) is 0.623. The Morgan fingerprint density at radius 3 is 2.58 bits per heavy atom. The lowest BCUT2D eigenvalue weighted by molar-refractivity contribution is -0.119. The molecule has 0 aromatic heterocycles. The first-order chi connectivity index (χ1) is 12.4. The number of phenolic OH excluding ortho intramolecular Hbond substituents is 1. The number of hydrogen-bond acceptors (Lipinski definition) is 5. The van der Waals surface area contributed by atoms with Crippen LogP contribution < -0.4 is 20.5 Å². The van der Waals surface area contributed by atoms with Crippen molar-refractivity contribution in [3.8, 4) is 17.2 Å². The highest BCUT2D eigenvalue weighted by atomic mass is 35.5. The van der Waals surface area contributed by atoms with Crippen molar-refractivity contribution in [2.75, 3.05) is 13.7 Å². The van der Waals surface area contributed by atoms with Gasteiger partial charge in [-0.05, 0) is 48.7 Å². The molecule has 140 valence electrons. The van der Waals surface area contributed by atoms with Gasteiger partial charge in [-0.25, -0.2) is 0 Å². The van der Waals surface area contributed by atoms with E-state index in [0.29, 0.717) is 23.1 Å². The van der Waals surface area contributed by atoms with Gasteiger partial charge in [0.15, 0.2) is 18.1 Å². The molecule has 0 saturated heterocycles. The lowest BCUT2D eigenvalue weighted by Gasteiger charge is -2.16. The molecule has 0 radical (unpaired) electrons. The second kappa shape index (κ2) is 9.31. The van der Waals surface area contributed by atoms with Gasteiger partial charge in [-0.15, -0.1) is 0 Å². The third-order valence-electron chi connectivity index (χ3n) is 3.78. The van der Waals surface area contributed by atoms with Crippen molar-refractivity contribution in [3.63, 3.8) is 0 Å². The van der Waals surface area contributed by atoms with Crippen molar-refractivity contribution in [1.29, 1.82) is 0 Å². The van der Waals surface area contributed by atoms with Crippen molar-refractivity contribution < 1.29 is 19.4 Å². The van der Waals surface area contributed by atoms with Gasteiger partial charge in [0.1, 0.15) is 5.75 Å². The van der Waals surface area contributed by atoms with E-state index in [2.05, 4.69) is 12.2 Å². The number of benzene rings is 2. The number of nitrogens with two attached hydrogens (primary N) is 1. The molecule has 1 amide bonds. The average Bonchev–Trinajstić information content (AvgIpc) is 2.60. The predicted octanol–water partition coefficient (Wildman–Crippen LogP) is 2.64. The summed E-state index contributed by atoms with van der Waals surface area (Å²) in [5.41, 5.74) is 7.15. The van der Waals surface area contributed by atoms with Crippen LogP contribution in [0, 0.1) is 0 Å². The molecule has 0 saturated carbocycles. The van der Waals surface area contributed by atoms with E-state index in [1.165, 1.54) is 7.11 Å². The summed E-state index contributed by atoms with van der Waals surface area (Å²) in [7, 11) is 1.51. The number of methoxy groups -OCH3 is 1. The van der Waals surface area contributed by atoms with Crippen LogP contribution in [0.5, 0.6) is 17.2 Å². The first-order valence-electron chi connectivity index (χ1n) is 8.18. The summed E-state index contributed by atoms with van der Waals surface area (Å²) in [6.45, 7) is 2.40. The maximum atomic E-state index is 10.9. The van der Waals surface area contributed by atoms with Gasteiger partial charge < -0.3 is 25.6 Å². The van der Waals surface area contributed by atoms with Crippen molar-refractivity contribution in [1.82, 2.24) is 5.32 Å². The minimum Gasteiger partial charge on any atom is -0.508 e. The zero-order valence-electron chi connectivity index (χ0n) is 14.8. The van der Waals surface area contributed by atoms with Gasteiger partial charge in [0.2, 0.25) is 0 Å². The van der Waals surface area contributed by atoms with Crippen LogP contribution in [0.3, 0.4) is 0 Å². The number of nitrogens with one attached hydrogen (secondary N) is 1. The summed E-state index contributed by atoms with van der Waals surface area (Å²) < 4.78 is 10.6. The fraction of sp³-hybridized carbons (Fsp3) is 0.316. The smallest absolute Gasteiger partial charge is 0.255 e. The molecule has 0 spiro atoms. The normalized spacial score (nSPS) is 11.8. The molecular weight excluding hydrogens is 356 g/mol.